The molecule has 2 N–H and O–H groups in total. The van der Waals surface area contributed by atoms with Crippen LogP contribution in [0.5, 0.6) is 0 Å². The van der Waals surface area contributed by atoms with Crippen LogP contribution in [0.3, 0.4) is 0 Å². The number of rotatable bonds is 4. The highest BCUT2D eigenvalue weighted by Crippen LogP contribution is 2.30. The standard InChI is InChI=1S/C20H18ClF3N4O/c1-12-18(26-19(29)25-17-8-6-16(21)7-9-17)13(2)28(27-12)11-14-4-3-5-15(10-14)20(22,23)24/h3-10H,11H2,1-2H3,(H2,25,26,29). The summed E-state index contributed by atoms with van der Waals surface area (Å²) in [5, 5.41) is 10.3. The molecule has 0 saturated heterocycles. The molecule has 29 heavy (non-hydrogen) atoms. The molecule has 2 amide bonds. The number of nitrogens with one attached hydrogen (secondary N) is 2. The van der Waals surface area contributed by atoms with E-state index in [2.05, 4.69) is 15.7 Å². The molecule has 0 aliphatic heterocycles. The minimum Gasteiger partial charge on any atom is -0.308 e. The molecule has 3 rings (SSSR count). The van der Waals surface area contributed by atoms with Crippen molar-refractivity contribution in [3.05, 3.63) is 76.1 Å². The zero-order valence-electron chi connectivity index (χ0n) is 15.6. The second kappa shape index (κ2) is 8.16. The summed E-state index contributed by atoms with van der Waals surface area (Å²) in [4.78, 5) is 12.3. The third-order valence-corrected chi connectivity index (χ3v) is 4.56. The van der Waals surface area contributed by atoms with Crippen LogP contribution in [0.15, 0.2) is 48.5 Å². The fraction of sp³-hybridized carbons (Fsp3) is 0.200. The van der Waals surface area contributed by atoms with Crippen LogP contribution in [0.2, 0.25) is 5.02 Å². The molecule has 0 radical (unpaired) electrons. The van der Waals surface area contributed by atoms with Gasteiger partial charge in [0, 0.05) is 10.7 Å². The van der Waals surface area contributed by atoms with E-state index in [4.69, 9.17) is 11.6 Å². The number of urea groups is 1. The first kappa shape index (κ1) is 20.7. The largest absolute Gasteiger partial charge is 0.416 e. The smallest absolute Gasteiger partial charge is 0.308 e. The van der Waals surface area contributed by atoms with Gasteiger partial charge in [0.1, 0.15) is 0 Å². The Morgan fingerprint density at radius 1 is 1.10 bits per heavy atom. The van der Waals surface area contributed by atoms with Gasteiger partial charge in [-0.25, -0.2) is 4.79 Å². The summed E-state index contributed by atoms with van der Waals surface area (Å²) in [5.41, 5.74) is 2.01. The van der Waals surface area contributed by atoms with Crippen molar-refractivity contribution < 1.29 is 18.0 Å². The maximum absolute atomic E-state index is 12.9. The molecule has 2 aromatic carbocycles. The molecular weight excluding hydrogens is 405 g/mol. The third-order valence-electron chi connectivity index (χ3n) is 4.31. The lowest BCUT2D eigenvalue weighted by molar-refractivity contribution is -0.137. The lowest BCUT2D eigenvalue weighted by Crippen LogP contribution is -2.20. The van der Waals surface area contributed by atoms with E-state index in [0.29, 0.717) is 33.3 Å². The molecule has 5 nitrogen and oxygen atoms in total. The van der Waals surface area contributed by atoms with Crippen molar-refractivity contribution in [3.63, 3.8) is 0 Å². The van der Waals surface area contributed by atoms with Crippen LogP contribution in [-0.4, -0.2) is 15.8 Å². The van der Waals surface area contributed by atoms with Gasteiger partial charge in [-0.05, 0) is 55.8 Å². The predicted molar refractivity (Wildman–Crippen MR) is 106 cm³/mol. The molecular formula is C20H18ClF3N4O. The highest BCUT2D eigenvalue weighted by atomic mass is 35.5. The monoisotopic (exact) mass is 422 g/mol. The van der Waals surface area contributed by atoms with Crippen LogP contribution in [0.1, 0.15) is 22.5 Å². The number of anilines is 2. The van der Waals surface area contributed by atoms with E-state index >= 15 is 0 Å². The number of carbonyl (C=O) groups is 1. The predicted octanol–water partition coefficient (Wildman–Crippen LogP) is 5.86. The molecule has 0 bridgehead atoms. The van der Waals surface area contributed by atoms with Crippen molar-refractivity contribution in [1.82, 2.24) is 9.78 Å². The van der Waals surface area contributed by atoms with Gasteiger partial charge < -0.3 is 10.6 Å². The zero-order chi connectivity index (χ0) is 21.2. The van der Waals surface area contributed by atoms with Crippen LogP contribution in [-0.2, 0) is 12.7 Å². The van der Waals surface area contributed by atoms with Gasteiger partial charge >= 0.3 is 12.2 Å². The summed E-state index contributed by atoms with van der Waals surface area (Å²) in [6.07, 6.45) is -4.41. The van der Waals surface area contributed by atoms with E-state index in [1.54, 1.807) is 48.9 Å². The van der Waals surface area contributed by atoms with Gasteiger partial charge in [0.05, 0.1) is 29.2 Å². The molecule has 0 fully saturated rings. The molecule has 3 aromatic rings. The van der Waals surface area contributed by atoms with E-state index < -0.39 is 17.8 Å². The second-order valence-corrected chi connectivity index (χ2v) is 6.92. The lowest BCUT2D eigenvalue weighted by Gasteiger charge is -2.10. The van der Waals surface area contributed by atoms with E-state index in [9.17, 15) is 18.0 Å². The summed E-state index contributed by atoms with van der Waals surface area (Å²) < 4.78 is 40.3. The topological polar surface area (TPSA) is 59.0 Å². The molecule has 0 aliphatic carbocycles. The minimum atomic E-state index is -4.41. The van der Waals surface area contributed by atoms with Gasteiger partial charge in [0.25, 0.3) is 0 Å². The molecule has 9 heteroatoms. The van der Waals surface area contributed by atoms with E-state index in [1.165, 1.54) is 6.07 Å². The maximum atomic E-state index is 12.9. The number of hydrogen-bond donors (Lipinski definition) is 2. The van der Waals surface area contributed by atoms with E-state index in [0.717, 1.165) is 12.1 Å². The molecule has 1 heterocycles. The zero-order valence-corrected chi connectivity index (χ0v) is 16.4. The van der Waals surface area contributed by atoms with Gasteiger partial charge in [-0.1, -0.05) is 23.7 Å². The van der Waals surface area contributed by atoms with Crippen LogP contribution >= 0.6 is 11.6 Å². The Hall–Kier alpha value is -3.00. The average Bonchev–Trinajstić information content (AvgIpc) is 2.90. The number of hydrogen-bond acceptors (Lipinski definition) is 2. The van der Waals surface area contributed by atoms with Crippen molar-refractivity contribution in [2.75, 3.05) is 10.6 Å². The summed E-state index contributed by atoms with van der Waals surface area (Å²) >= 11 is 5.82. The number of aryl methyl sites for hydroxylation is 1. The Morgan fingerprint density at radius 2 is 1.79 bits per heavy atom. The molecule has 0 spiro atoms. The Kier molecular flexibility index (Phi) is 5.83. The number of amides is 2. The molecule has 0 aliphatic rings. The van der Waals surface area contributed by atoms with Crippen LogP contribution < -0.4 is 10.6 Å². The number of halogens is 4. The van der Waals surface area contributed by atoms with Crippen LogP contribution in [0.4, 0.5) is 29.3 Å². The van der Waals surface area contributed by atoms with Crippen molar-refractivity contribution >= 4 is 29.0 Å². The first-order valence-electron chi connectivity index (χ1n) is 8.67. The average molecular weight is 423 g/mol. The minimum absolute atomic E-state index is 0.150. The Balaban J connectivity index is 1.75. The molecule has 0 saturated carbocycles. The van der Waals surface area contributed by atoms with E-state index in [-0.39, 0.29) is 6.54 Å². The number of benzene rings is 2. The van der Waals surface area contributed by atoms with Gasteiger partial charge in [-0.2, -0.15) is 18.3 Å². The Labute approximate surface area is 170 Å². The molecule has 152 valence electrons. The normalized spacial score (nSPS) is 11.4. The summed E-state index contributed by atoms with van der Waals surface area (Å²) in [6.45, 7) is 3.61. The van der Waals surface area contributed by atoms with Gasteiger partial charge in [-0.3, -0.25) is 4.68 Å². The van der Waals surface area contributed by atoms with Crippen molar-refractivity contribution in [2.24, 2.45) is 0 Å². The Morgan fingerprint density at radius 3 is 2.45 bits per heavy atom. The van der Waals surface area contributed by atoms with Gasteiger partial charge in [0.2, 0.25) is 0 Å². The fourth-order valence-electron chi connectivity index (χ4n) is 2.86. The first-order chi connectivity index (χ1) is 13.6. The maximum Gasteiger partial charge on any atom is 0.416 e. The summed E-state index contributed by atoms with van der Waals surface area (Å²) in [6, 6.07) is 11.3. The highest BCUT2D eigenvalue weighted by Gasteiger charge is 2.30. The van der Waals surface area contributed by atoms with Crippen LogP contribution in [0.25, 0.3) is 0 Å². The lowest BCUT2D eigenvalue weighted by atomic mass is 10.1. The number of aromatic nitrogens is 2. The van der Waals surface area contributed by atoms with Gasteiger partial charge in [0.15, 0.2) is 0 Å². The number of alkyl halides is 3. The van der Waals surface area contributed by atoms with Crippen molar-refractivity contribution in [1.29, 1.82) is 0 Å². The summed E-state index contributed by atoms with van der Waals surface area (Å²) in [5.74, 6) is 0. The number of nitrogens with zero attached hydrogens (tertiary/aromatic N) is 2. The Bertz CT molecular complexity index is 1030. The fourth-order valence-corrected chi connectivity index (χ4v) is 2.99. The van der Waals surface area contributed by atoms with Crippen molar-refractivity contribution in [2.45, 2.75) is 26.6 Å². The van der Waals surface area contributed by atoms with Crippen molar-refractivity contribution in [3.8, 4) is 0 Å². The first-order valence-corrected chi connectivity index (χ1v) is 9.05. The highest BCUT2D eigenvalue weighted by molar-refractivity contribution is 6.30. The third kappa shape index (κ3) is 5.08. The molecule has 1 aromatic heterocycles. The second-order valence-electron chi connectivity index (χ2n) is 6.49. The van der Waals surface area contributed by atoms with Gasteiger partial charge in [-0.15, -0.1) is 0 Å². The van der Waals surface area contributed by atoms with Crippen LogP contribution in [0, 0.1) is 13.8 Å². The summed E-state index contributed by atoms with van der Waals surface area (Å²) in [7, 11) is 0. The quantitative estimate of drug-likeness (QED) is 0.553. The molecule has 0 unspecified atom stereocenters. The van der Waals surface area contributed by atoms with E-state index in [1.807, 2.05) is 0 Å². The SMILES string of the molecule is Cc1nn(Cc2cccc(C(F)(F)F)c2)c(C)c1NC(=O)Nc1ccc(Cl)cc1. The number of carbonyl (C=O) groups excluding carboxylic acids is 1. The molecule has 0 atom stereocenters.